The lowest BCUT2D eigenvalue weighted by Gasteiger charge is -2.45. The molecule has 0 spiro atoms. The number of nitrogens with one attached hydrogen (secondary N) is 1. The first-order chi connectivity index (χ1) is 15.3. The lowest BCUT2D eigenvalue weighted by Crippen LogP contribution is -2.59. The molecule has 166 valence electrons. The van der Waals surface area contributed by atoms with Crippen molar-refractivity contribution in [3.8, 4) is 0 Å². The van der Waals surface area contributed by atoms with E-state index < -0.39 is 0 Å². The predicted octanol–water partition coefficient (Wildman–Crippen LogP) is 0.941. The van der Waals surface area contributed by atoms with Gasteiger partial charge in [0.2, 0.25) is 5.91 Å². The first-order valence-electron chi connectivity index (χ1n) is 12.1. The number of carbonyl (C=O) groups is 1. The minimum atomic E-state index is 0.108. The number of aromatic nitrogens is 3. The third kappa shape index (κ3) is 3.49. The fraction of sp³-hybridized carbons (Fsp3) is 0.696. The molecule has 1 aliphatic carbocycles. The zero-order valence-corrected chi connectivity index (χ0v) is 18.3. The van der Waals surface area contributed by atoms with Crippen LogP contribution in [-0.2, 0) is 17.6 Å². The summed E-state index contributed by atoms with van der Waals surface area (Å²) in [6.07, 6.45) is 9.19. The van der Waals surface area contributed by atoms with Crippen LogP contribution in [0, 0.1) is 5.92 Å². The molecule has 1 amide bonds. The smallest absolute Gasteiger partial charge is 0.229 e. The van der Waals surface area contributed by atoms with Crippen molar-refractivity contribution in [2.24, 2.45) is 5.92 Å². The lowest BCUT2D eigenvalue weighted by molar-refractivity contribution is -0.138. The molecular formula is C23H33N7O. The average molecular weight is 424 g/mol. The SMILES string of the molecule is O=C(C1CN(c2c3c(nc4ccnn24)CCNCC3)C1)N1CCN(C2CCCC2)CC1. The van der Waals surface area contributed by atoms with Gasteiger partial charge in [-0.15, -0.1) is 0 Å². The van der Waals surface area contributed by atoms with Crippen molar-refractivity contribution in [2.75, 3.05) is 57.3 Å². The summed E-state index contributed by atoms with van der Waals surface area (Å²) in [5, 5.41) is 8.04. The fourth-order valence-electron chi connectivity index (χ4n) is 5.98. The first kappa shape index (κ1) is 19.5. The molecular weight excluding hydrogens is 390 g/mol. The molecule has 6 rings (SSSR count). The number of rotatable bonds is 3. The van der Waals surface area contributed by atoms with Crippen molar-refractivity contribution in [1.29, 1.82) is 0 Å². The molecule has 3 aliphatic heterocycles. The Morgan fingerprint density at radius 2 is 1.81 bits per heavy atom. The molecule has 2 saturated heterocycles. The van der Waals surface area contributed by atoms with Gasteiger partial charge in [0.05, 0.1) is 17.8 Å². The largest absolute Gasteiger partial charge is 0.354 e. The molecule has 2 aromatic rings. The third-order valence-corrected chi connectivity index (χ3v) is 7.78. The van der Waals surface area contributed by atoms with Crippen LogP contribution in [0.15, 0.2) is 12.3 Å². The molecule has 31 heavy (non-hydrogen) atoms. The van der Waals surface area contributed by atoms with E-state index in [1.807, 2.05) is 16.8 Å². The predicted molar refractivity (Wildman–Crippen MR) is 119 cm³/mol. The summed E-state index contributed by atoms with van der Waals surface area (Å²) in [4.78, 5) is 25.1. The van der Waals surface area contributed by atoms with E-state index in [0.29, 0.717) is 5.91 Å². The lowest BCUT2D eigenvalue weighted by atomic mass is 9.96. The Labute approximate surface area is 183 Å². The Bertz CT molecular complexity index is 952. The van der Waals surface area contributed by atoms with E-state index in [1.165, 1.54) is 36.9 Å². The normalized spacial score (nSPS) is 23.7. The van der Waals surface area contributed by atoms with E-state index in [0.717, 1.165) is 82.7 Å². The highest BCUT2D eigenvalue weighted by molar-refractivity contribution is 5.82. The van der Waals surface area contributed by atoms with E-state index in [1.54, 1.807) is 0 Å². The quantitative estimate of drug-likeness (QED) is 0.793. The standard InChI is InChI=1S/C23H33N7O/c31-23(28-13-11-27(12-14-28)18-3-1-2-4-18)17-15-29(16-17)22-19-5-8-24-9-6-20(19)26-21-7-10-25-30(21)22/h7,10,17-18,24H,1-6,8-9,11-16H2. The van der Waals surface area contributed by atoms with Crippen molar-refractivity contribution >= 4 is 17.4 Å². The molecule has 0 radical (unpaired) electrons. The van der Waals surface area contributed by atoms with Gasteiger partial charge < -0.3 is 15.1 Å². The second kappa shape index (κ2) is 8.06. The van der Waals surface area contributed by atoms with E-state index in [2.05, 4.69) is 25.1 Å². The number of anilines is 1. The molecule has 4 aliphatic rings. The molecule has 0 bridgehead atoms. The number of nitrogens with zero attached hydrogens (tertiary/aromatic N) is 6. The van der Waals surface area contributed by atoms with Crippen LogP contribution in [0.4, 0.5) is 5.82 Å². The molecule has 3 fully saturated rings. The summed E-state index contributed by atoms with van der Waals surface area (Å²) in [7, 11) is 0. The average Bonchev–Trinajstić information content (AvgIpc) is 3.40. The highest BCUT2D eigenvalue weighted by Crippen LogP contribution is 2.32. The van der Waals surface area contributed by atoms with Crippen LogP contribution in [0.25, 0.3) is 5.65 Å². The van der Waals surface area contributed by atoms with Crippen LogP contribution >= 0.6 is 0 Å². The number of fused-ring (bicyclic) bond motifs is 2. The van der Waals surface area contributed by atoms with Crippen molar-refractivity contribution in [3.63, 3.8) is 0 Å². The van der Waals surface area contributed by atoms with Gasteiger partial charge in [-0.25, -0.2) is 4.98 Å². The molecule has 5 heterocycles. The Morgan fingerprint density at radius 3 is 2.61 bits per heavy atom. The minimum absolute atomic E-state index is 0.108. The van der Waals surface area contributed by atoms with Crippen LogP contribution in [0.1, 0.15) is 36.9 Å². The Balaban J connectivity index is 1.13. The number of hydrogen-bond acceptors (Lipinski definition) is 6. The summed E-state index contributed by atoms with van der Waals surface area (Å²) in [6.45, 7) is 7.41. The summed E-state index contributed by atoms with van der Waals surface area (Å²) < 4.78 is 1.98. The Hall–Kier alpha value is -2.19. The summed E-state index contributed by atoms with van der Waals surface area (Å²) in [5.74, 6) is 1.61. The van der Waals surface area contributed by atoms with Gasteiger partial charge in [-0.1, -0.05) is 12.8 Å². The van der Waals surface area contributed by atoms with Gasteiger partial charge in [-0.05, 0) is 25.8 Å². The van der Waals surface area contributed by atoms with E-state index in [9.17, 15) is 4.79 Å². The molecule has 8 heteroatoms. The van der Waals surface area contributed by atoms with Crippen LogP contribution in [-0.4, -0.2) is 88.7 Å². The molecule has 0 atom stereocenters. The van der Waals surface area contributed by atoms with Gasteiger partial charge in [0, 0.05) is 69.9 Å². The van der Waals surface area contributed by atoms with Gasteiger partial charge in [0.25, 0.3) is 0 Å². The zero-order chi connectivity index (χ0) is 20.8. The Morgan fingerprint density at radius 1 is 1.03 bits per heavy atom. The maximum Gasteiger partial charge on any atom is 0.229 e. The maximum absolute atomic E-state index is 13.2. The monoisotopic (exact) mass is 423 g/mol. The number of carbonyl (C=O) groups excluding carboxylic acids is 1. The van der Waals surface area contributed by atoms with E-state index in [4.69, 9.17) is 4.98 Å². The fourth-order valence-corrected chi connectivity index (χ4v) is 5.98. The van der Waals surface area contributed by atoms with E-state index >= 15 is 0 Å². The van der Waals surface area contributed by atoms with Crippen LogP contribution in [0.2, 0.25) is 0 Å². The minimum Gasteiger partial charge on any atom is -0.354 e. The highest BCUT2D eigenvalue weighted by Gasteiger charge is 2.39. The first-order valence-corrected chi connectivity index (χ1v) is 12.1. The number of hydrogen-bond donors (Lipinski definition) is 1. The van der Waals surface area contributed by atoms with Gasteiger partial charge >= 0.3 is 0 Å². The van der Waals surface area contributed by atoms with Crippen molar-refractivity contribution in [1.82, 2.24) is 29.7 Å². The van der Waals surface area contributed by atoms with Crippen LogP contribution in [0.3, 0.4) is 0 Å². The highest BCUT2D eigenvalue weighted by atomic mass is 16.2. The number of amides is 1. The molecule has 8 nitrogen and oxygen atoms in total. The topological polar surface area (TPSA) is 69.0 Å². The van der Waals surface area contributed by atoms with Crippen molar-refractivity contribution in [3.05, 3.63) is 23.5 Å². The van der Waals surface area contributed by atoms with E-state index in [-0.39, 0.29) is 5.92 Å². The summed E-state index contributed by atoms with van der Waals surface area (Å²) >= 11 is 0. The molecule has 1 saturated carbocycles. The van der Waals surface area contributed by atoms with Gasteiger partial charge in [0.1, 0.15) is 5.82 Å². The van der Waals surface area contributed by atoms with Crippen LogP contribution < -0.4 is 10.2 Å². The maximum atomic E-state index is 13.2. The molecule has 1 N–H and O–H groups in total. The zero-order valence-electron chi connectivity index (χ0n) is 18.3. The molecule has 0 unspecified atom stereocenters. The molecule has 2 aromatic heterocycles. The second-order valence-electron chi connectivity index (χ2n) is 9.61. The number of piperazine rings is 1. The van der Waals surface area contributed by atoms with Gasteiger partial charge in [0.15, 0.2) is 5.65 Å². The summed E-state index contributed by atoms with van der Waals surface area (Å²) in [5.41, 5.74) is 3.40. The Kier molecular flexibility index (Phi) is 5.07. The molecule has 0 aromatic carbocycles. The third-order valence-electron chi connectivity index (χ3n) is 7.78. The van der Waals surface area contributed by atoms with Crippen LogP contribution in [0.5, 0.6) is 0 Å². The van der Waals surface area contributed by atoms with Gasteiger partial charge in [-0.3, -0.25) is 9.69 Å². The van der Waals surface area contributed by atoms with Crippen molar-refractivity contribution in [2.45, 2.75) is 44.6 Å². The van der Waals surface area contributed by atoms with Crippen molar-refractivity contribution < 1.29 is 4.79 Å². The van der Waals surface area contributed by atoms with Gasteiger partial charge in [-0.2, -0.15) is 9.61 Å². The summed E-state index contributed by atoms with van der Waals surface area (Å²) in [6, 6.07) is 2.75. The second-order valence-corrected chi connectivity index (χ2v) is 9.61.